The fourth-order valence-electron chi connectivity index (χ4n) is 3.37. The van der Waals surface area contributed by atoms with Gasteiger partial charge in [-0.25, -0.2) is 9.98 Å². The van der Waals surface area contributed by atoms with Gasteiger partial charge in [-0.15, -0.1) is 5.01 Å². The quantitative estimate of drug-likeness (QED) is 0.233. The van der Waals surface area contributed by atoms with Crippen LogP contribution in [-0.2, 0) is 4.74 Å². The van der Waals surface area contributed by atoms with Gasteiger partial charge in [0.1, 0.15) is 28.5 Å². The molecule has 172 valence electrons. The summed E-state index contributed by atoms with van der Waals surface area (Å²) in [5, 5.41) is 38.0. The molecular weight excluding hydrogens is 456 g/mol. The molecule has 4 rings (SSSR count). The normalized spacial score (nSPS) is 14.0. The second-order valence-electron chi connectivity index (χ2n) is 7.34. The van der Waals surface area contributed by atoms with Crippen LogP contribution < -0.4 is 20.6 Å². The summed E-state index contributed by atoms with van der Waals surface area (Å²) in [7, 11) is 0. The van der Waals surface area contributed by atoms with Gasteiger partial charge in [-0.3, -0.25) is 4.52 Å². The maximum absolute atomic E-state index is 12.5. The fourth-order valence-corrected chi connectivity index (χ4v) is 4.15. The summed E-state index contributed by atoms with van der Waals surface area (Å²) in [5.74, 6) is -0.560. The van der Waals surface area contributed by atoms with E-state index in [2.05, 4.69) is 21.3 Å². The minimum absolute atomic E-state index is 0.00856. The van der Waals surface area contributed by atoms with E-state index in [0.29, 0.717) is 37.4 Å². The first-order chi connectivity index (χ1) is 16.5. The molecule has 0 aliphatic carbocycles. The lowest BCUT2D eigenvalue weighted by atomic mass is 9.96. The Morgan fingerprint density at radius 2 is 1.94 bits per heavy atom. The Labute approximate surface area is 199 Å². The number of aliphatic imine (C=N–C) groups is 1. The van der Waals surface area contributed by atoms with Crippen LogP contribution in [0.1, 0.15) is 16.7 Å². The first kappa shape index (κ1) is 23.0. The van der Waals surface area contributed by atoms with E-state index >= 15 is 0 Å². The minimum atomic E-state index is -0.499. The van der Waals surface area contributed by atoms with Gasteiger partial charge in [0.05, 0.1) is 36.7 Å². The maximum atomic E-state index is 12.5. The monoisotopic (exact) mass is 476 g/mol. The van der Waals surface area contributed by atoms with Gasteiger partial charge in [-0.05, 0) is 18.4 Å². The van der Waals surface area contributed by atoms with Crippen molar-refractivity contribution < 1.29 is 19.2 Å². The van der Waals surface area contributed by atoms with E-state index in [4.69, 9.17) is 15.0 Å². The number of aromatic nitrogens is 3. The molecule has 0 amide bonds. The average molecular weight is 477 g/mol. The Morgan fingerprint density at radius 1 is 1.24 bits per heavy atom. The summed E-state index contributed by atoms with van der Waals surface area (Å²) >= 11 is 1.02. The predicted octanol–water partition coefficient (Wildman–Crippen LogP) is 0.809. The molecule has 1 aromatic carbocycles. The van der Waals surface area contributed by atoms with Crippen LogP contribution in [0.2, 0.25) is 0 Å². The predicted molar refractivity (Wildman–Crippen MR) is 122 cm³/mol. The van der Waals surface area contributed by atoms with Crippen LogP contribution in [0.3, 0.4) is 0 Å². The Balaban J connectivity index is 1.57. The molecule has 2 N–H and O–H groups in total. The first-order valence-electron chi connectivity index (χ1n) is 10.3. The van der Waals surface area contributed by atoms with Crippen molar-refractivity contribution in [3.05, 3.63) is 47.2 Å². The molecule has 1 aliphatic rings. The highest BCUT2D eigenvalue weighted by molar-refractivity contribution is 8.00. The summed E-state index contributed by atoms with van der Waals surface area (Å²) in [6.07, 6.45) is 1.52. The smallest absolute Gasteiger partial charge is 0.324 e. The highest BCUT2D eigenvalue weighted by Crippen LogP contribution is 2.35. The molecule has 1 saturated heterocycles. The van der Waals surface area contributed by atoms with Crippen molar-refractivity contribution in [1.29, 1.82) is 10.5 Å². The Hall–Kier alpha value is -4.13. The van der Waals surface area contributed by atoms with Gasteiger partial charge >= 0.3 is 5.88 Å². The number of ether oxygens (including phenoxy) is 1. The van der Waals surface area contributed by atoms with Crippen LogP contribution in [0.5, 0.6) is 0 Å². The van der Waals surface area contributed by atoms with Gasteiger partial charge in [-0.1, -0.05) is 41.6 Å². The number of benzene rings is 1. The van der Waals surface area contributed by atoms with E-state index in [1.165, 1.54) is 11.0 Å². The van der Waals surface area contributed by atoms with Crippen molar-refractivity contribution in [3.63, 3.8) is 0 Å². The number of nitriles is 2. The first-order valence-corrected chi connectivity index (χ1v) is 11.3. The third-order valence-electron chi connectivity index (χ3n) is 5.04. The van der Waals surface area contributed by atoms with E-state index < -0.39 is 5.90 Å². The van der Waals surface area contributed by atoms with Gasteiger partial charge in [0.15, 0.2) is 0 Å². The molecule has 3 heterocycles. The topological polar surface area (TPSA) is 164 Å². The number of morpholine rings is 1. The summed E-state index contributed by atoms with van der Waals surface area (Å²) in [5.41, 5.74) is 8.42. The van der Waals surface area contributed by atoms with Crippen molar-refractivity contribution >= 4 is 29.4 Å². The number of pyridine rings is 1. The third-order valence-corrected chi connectivity index (χ3v) is 6.00. The zero-order chi connectivity index (χ0) is 24.1. The van der Waals surface area contributed by atoms with Gasteiger partial charge < -0.3 is 15.6 Å². The van der Waals surface area contributed by atoms with Crippen LogP contribution >= 0.6 is 11.8 Å². The number of nitrogens with two attached hydrogens (primary N) is 1. The minimum Gasteiger partial charge on any atom is -0.861 e. The van der Waals surface area contributed by atoms with E-state index in [-0.39, 0.29) is 33.6 Å². The molecule has 3 aromatic rings. The summed E-state index contributed by atoms with van der Waals surface area (Å²) in [6, 6.07) is 11.5. The van der Waals surface area contributed by atoms with E-state index in [0.717, 1.165) is 17.3 Å². The molecule has 0 unspecified atom stereocenters. The highest BCUT2D eigenvalue weighted by Gasteiger charge is 2.23. The molecule has 0 bridgehead atoms. The number of aryl methyl sites for hydroxylation is 1. The molecule has 11 nitrogen and oxygen atoms in total. The lowest BCUT2D eigenvalue weighted by molar-refractivity contribution is -0.759. The van der Waals surface area contributed by atoms with E-state index in [1.54, 1.807) is 0 Å². The lowest BCUT2D eigenvalue weighted by Crippen LogP contribution is -2.62. The van der Waals surface area contributed by atoms with Crippen LogP contribution in [-0.4, -0.2) is 48.2 Å². The molecule has 0 atom stereocenters. The van der Waals surface area contributed by atoms with Crippen molar-refractivity contribution in [1.82, 2.24) is 10.3 Å². The SMILES string of the molecule is Cc1ccc(-c2c(C#N)c(N)nc(SC/C([O-])=N\c3c[n+](N4CCOCC4)no3)c2C#N)cc1. The van der Waals surface area contributed by atoms with Gasteiger partial charge in [0, 0.05) is 11.3 Å². The van der Waals surface area contributed by atoms with E-state index in [9.17, 15) is 15.6 Å². The van der Waals surface area contributed by atoms with Gasteiger partial charge in [0.25, 0.3) is 6.20 Å². The van der Waals surface area contributed by atoms with Crippen LogP contribution in [0.15, 0.2) is 45.0 Å². The van der Waals surface area contributed by atoms with Crippen LogP contribution in [0, 0.1) is 29.6 Å². The summed E-state index contributed by atoms with van der Waals surface area (Å²) < 4.78 is 10.4. The molecule has 0 radical (unpaired) electrons. The van der Waals surface area contributed by atoms with Crippen molar-refractivity contribution in [2.45, 2.75) is 11.9 Å². The molecule has 1 aliphatic heterocycles. The standard InChI is InChI=1S/C22H20N8O3S/c1-14-2-4-15(5-3-14)20-16(10-23)21(25)27-22(17(20)11-24)34-13-18(31)26-19-12-30(28-33-19)29-6-8-32-9-7-29/h2-5,12H,6-9,13H2,1H3,(H2-,25,26,27,28,31). The number of rotatable bonds is 6. The number of anilines is 1. The summed E-state index contributed by atoms with van der Waals surface area (Å²) in [6.45, 7) is 4.39. The lowest BCUT2D eigenvalue weighted by Gasteiger charge is -2.18. The fraction of sp³-hybridized carbons (Fsp3) is 0.273. The number of hydrogen-bond acceptors (Lipinski definition) is 11. The Bertz CT molecular complexity index is 1300. The zero-order valence-corrected chi connectivity index (χ0v) is 19.1. The van der Waals surface area contributed by atoms with E-state index in [1.807, 2.05) is 42.3 Å². The maximum Gasteiger partial charge on any atom is 0.324 e. The second-order valence-corrected chi connectivity index (χ2v) is 8.30. The number of hydrogen-bond donors (Lipinski definition) is 1. The zero-order valence-electron chi connectivity index (χ0n) is 18.3. The molecule has 2 aromatic heterocycles. The van der Waals surface area contributed by atoms with Gasteiger partial charge in [0.2, 0.25) is 5.27 Å². The van der Waals surface area contributed by atoms with Gasteiger partial charge in [-0.2, -0.15) is 10.5 Å². The highest BCUT2D eigenvalue weighted by atomic mass is 32.2. The summed E-state index contributed by atoms with van der Waals surface area (Å²) in [4.78, 5) is 9.63. The average Bonchev–Trinajstić information content (AvgIpc) is 3.31. The van der Waals surface area contributed by atoms with Crippen molar-refractivity contribution in [2.24, 2.45) is 4.99 Å². The largest absolute Gasteiger partial charge is 0.861 e. The molecule has 34 heavy (non-hydrogen) atoms. The van der Waals surface area contributed by atoms with Crippen LogP contribution in [0.4, 0.5) is 11.7 Å². The number of nitrogen functional groups attached to an aromatic ring is 1. The molecule has 12 heteroatoms. The molecule has 1 fully saturated rings. The molecule has 0 spiro atoms. The van der Waals surface area contributed by atoms with Crippen molar-refractivity contribution in [3.8, 4) is 23.3 Å². The number of thioether (sulfide) groups is 1. The van der Waals surface area contributed by atoms with Crippen molar-refractivity contribution in [2.75, 3.05) is 42.8 Å². The Morgan fingerprint density at radius 3 is 2.62 bits per heavy atom. The molecular formula is C22H20N8O3S. The third kappa shape index (κ3) is 4.93. The number of nitrogens with zero attached hydrogens (tertiary/aromatic N) is 7. The molecule has 0 saturated carbocycles. The Kier molecular flexibility index (Phi) is 6.92. The second kappa shape index (κ2) is 10.2. The van der Waals surface area contributed by atoms with Crippen LogP contribution in [0.25, 0.3) is 11.1 Å².